The van der Waals surface area contributed by atoms with E-state index >= 15 is 0 Å². The first-order valence-electron chi connectivity index (χ1n) is 10.3. The van der Waals surface area contributed by atoms with Gasteiger partial charge in [0.2, 0.25) is 0 Å². The molecule has 26 heavy (non-hydrogen) atoms. The highest BCUT2D eigenvalue weighted by molar-refractivity contribution is 7.18. The van der Waals surface area contributed by atoms with Gasteiger partial charge in [-0.05, 0) is 81.6 Å². The molecule has 0 atom stereocenters. The molecular formula is C22H32N2OS. The number of fused-ring (bicyclic) bond motifs is 1. The van der Waals surface area contributed by atoms with E-state index in [4.69, 9.17) is 14.7 Å². The minimum Gasteiger partial charge on any atom is -0.381 e. The highest BCUT2D eigenvalue weighted by Crippen LogP contribution is 2.45. The number of hydrogen-bond acceptors (Lipinski definition) is 4. The predicted octanol–water partition coefficient (Wildman–Crippen LogP) is 6.04. The molecule has 0 spiro atoms. The fourth-order valence-corrected chi connectivity index (χ4v) is 5.84. The van der Waals surface area contributed by atoms with Gasteiger partial charge in [-0.2, -0.15) is 0 Å². The minimum absolute atomic E-state index is 0.526. The van der Waals surface area contributed by atoms with Crippen LogP contribution in [0.25, 0.3) is 10.2 Å². The third-order valence-electron chi connectivity index (χ3n) is 6.47. The van der Waals surface area contributed by atoms with E-state index < -0.39 is 0 Å². The quantitative estimate of drug-likeness (QED) is 0.656. The molecule has 4 rings (SSSR count). The van der Waals surface area contributed by atoms with Gasteiger partial charge in [0, 0.05) is 23.5 Å². The standard InChI is InChI=1S/C22H32N2OS/c1-15-23-19(5-4-16-8-12-25-13-9-16)18-14-20(26-21(18)24-15)17-6-10-22(2,3)11-7-17/h14,16-17H,4-13H2,1-3H3. The maximum atomic E-state index is 5.50. The summed E-state index contributed by atoms with van der Waals surface area (Å²) in [6.45, 7) is 8.74. The summed E-state index contributed by atoms with van der Waals surface area (Å²) < 4.78 is 5.50. The predicted molar refractivity (Wildman–Crippen MR) is 109 cm³/mol. The molecule has 0 bridgehead atoms. The van der Waals surface area contributed by atoms with Crippen LogP contribution in [0, 0.1) is 18.3 Å². The minimum atomic E-state index is 0.526. The molecule has 1 saturated heterocycles. The van der Waals surface area contributed by atoms with Gasteiger partial charge in [-0.15, -0.1) is 11.3 Å². The number of hydrogen-bond donors (Lipinski definition) is 0. The van der Waals surface area contributed by atoms with Gasteiger partial charge in [0.05, 0.1) is 5.69 Å². The zero-order chi connectivity index (χ0) is 18.1. The number of thiophene rings is 1. The summed E-state index contributed by atoms with van der Waals surface area (Å²) in [4.78, 5) is 12.3. The van der Waals surface area contributed by atoms with Gasteiger partial charge in [-0.25, -0.2) is 9.97 Å². The SMILES string of the molecule is Cc1nc(CCC2CCOCC2)c2cc(C3CCC(C)(C)CC3)sc2n1. The van der Waals surface area contributed by atoms with Gasteiger partial charge >= 0.3 is 0 Å². The highest BCUT2D eigenvalue weighted by Gasteiger charge is 2.29. The van der Waals surface area contributed by atoms with Crippen LogP contribution in [0.2, 0.25) is 0 Å². The molecule has 4 heteroatoms. The first-order valence-corrected chi connectivity index (χ1v) is 11.2. The van der Waals surface area contributed by atoms with Crippen molar-refractivity contribution in [2.75, 3.05) is 13.2 Å². The van der Waals surface area contributed by atoms with Crippen LogP contribution in [0.15, 0.2) is 6.07 Å². The Morgan fingerprint density at radius 1 is 1.12 bits per heavy atom. The van der Waals surface area contributed by atoms with Crippen molar-refractivity contribution in [1.29, 1.82) is 0 Å². The fourth-order valence-electron chi connectivity index (χ4n) is 4.57. The molecule has 2 aliphatic rings. The van der Waals surface area contributed by atoms with Crippen LogP contribution in [0.1, 0.15) is 81.1 Å². The Morgan fingerprint density at radius 2 is 1.85 bits per heavy atom. The van der Waals surface area contributed by atoms with E-state index in [-0.39, 0.29) is 0 Å². The lowest BCUT2D eigenvalue weighted by molar-refractivity contribution is 0.0640. The first-order chi connectivity index (χ1) is 12.5. The summed E-state index contributed by atoms with van der Waals surface area (Å²) >= 11 is 1.92. The van der Waals surface area contributed by atoms with Crippen LogP contribution in [-0.2, 0) is 11.2 Å². The number of ether oxygens (including phenoxy) is 1. The third kappa shape index (κ3) is 4.12. The third-order valence-corrected chi connectivity index (χ3v) is 7.67. The van der Waals surface area contributed by atoms with Gasteiger partial charge in [0.15, 0.2) is 0 Å². The Labute approximate surface area is 161 Å². The van der Waals surface area contributed by atoms with Gasteiger partial charge in [0.1, 0.15) is 10.7 Å². The Bertz CT molecular complexity index is 751. The zero-order valence-electron chi connectivity index (χ0n) is 16.5. The molecule has 1 aliphatic carbocycles. The number of rotatable bonds is 4. The highest BCUT2D eigenvalue weighted by atomic mass is 32.1. The second-order valence-electron chi connectivity index (χ2n) is 9.12. The van der Waals surface area contributed by atoms with Crippen LogP contribution >= 0.6 is 11.3 Å². The van der Waals surface area contributed by atoms with Crippen molar-refractivity contribution in [3.05, 3.63) is 22.5 Å². The zero-order valence-corrected chi connectivity index (χ0v) is 17.3. The van der Waals surface area contributed by atoms with Crippen LogP contribution in [-0.4, -0.2) is 23.2 Å². The lowest BCUT2D eigenvalue weighted by Gasteiger charge is -2.33. The summed E-state index contributed by atoms with van der Waals surface area (Å²) in [5, 5.41) is 1.33. The van der Waals surface area contributed by atoms with Crippen LogP contribution in [0.3, 0.4) is 0 Å². The van der Waals surface area contributed by atoms with Crippen LogP contribution in [0.5, 0.6) is 0 Å². The average molecular weight is 373 g/mol. The summed E-state index contributed by atoms with van der Waals surface area (Å²) in [6, 6.07) is 2.43. The van der Waals surface area contributed by atoms with Crippen LogP contribution in [0.4, 0.5) is 0 Å². The summed E-state index contributed by atoms with van der Waals surface area (Å²) in [7, 11) is 0. The topological polar surface area (TPSA) is 35.0 Å². The molecule has 0 N–H and O–H groups in total. The smallest absolute Gasteiger partial charge is 0.127 e. The molecule has 3 nitrogen and oxygen atoms in total. The summed E-state index contributed by atoms with van der Waals surface area (Å²) in [5.74, 6) is 2.45. The number of aromatic nitrogens is 2. The van der Waals surface area contributed by atoms with E-state index in [1.165, 1.54) is 60.9 Å². The maximum Gasteiger partial charge on any atom is 0.127 e. The molecule has 2 aromatic rings. The average Bonchev–Trinajstić information content (AvgIpc) is 3.04. The van der Waals surface area contributed by atoms with E-state index in [1.54, 1.807) is 4.88 Å². The van der Waals surface area contributed by atoms with Crippen molar-refractivity contribution >= 4 is 21.6 Å². The van der Waals surface area contributed by atoms with E-state index in [0.717, 1.165) is 37.3 Å². The van der Waals surface area contributed by atoms with E-state index in [9.17, 15) is 0 Å². The molecule has 1 aliphatic heterocycles. The van der Waals surface area contributed by atoms with E-state index in [1.807, 2.05) is 18.3 Å². The van der Waals surface area contributed by atoms with E-state index in [2.05, 4.69) is 19.9 Å². The van der Waals surface area contributed by atoms with Gasteiger partial charge < -0.3 is 4.74 Å². The molecular weight excluding hydrogens is 340 g/mol. The van der Waals surface area contributed by atoms with E-state index in [0.29, 0.717) is 5.41 Å². The number of aryl methyl sites for hydroxylation is 2. The molecule has 0 radical (unpaired) electrons. The second-order valence-corrected chi connectivity index (χ2v) is 10.2. The summed E-state index contributed by atoms with van der Waals surface area (Å²) in [6.07, 6.45) is 10.1. The van der Waals surface area contributed by atoms with Gasteiger partial charge in [-0.3, -0.25) is 0 Å². The summed E-state index contributed by atoms with van der Waals surface area (Å²) in [5.41, 5.74) is 1.80. The van der Waals surface area contributed by atoms with Gasteiger partial charge in [-0.1, -0.05) is 13.8 Å². The molecule has 3 heterocycles. The molecule has 1 saturated carbocycles. The largest absolute Gasteiger partial charge is 0.381 e. The fraction of sp³-hybridized carbons (Fsp3) is 0.727. The first kappa shape index (κ1) is 18.4. The molecule has 0 unspecified atom stereocenters. The van der Waals surface area contributed by atoms with Crippen molar-refractivity contribution < 1.29 is 4.74 Å². The van der Waals surface area contributed by atoms with Crippen LogP contribution < -0.4 is 0 Å². The lowest BCUT2D eigenvalue weighted by atomic mass is 9.73. The monoisotopic (exact) mass is 372 g/mol. The Morgan fingerprint density at radius 3 is 2.58 bits per heavy atom. The van der Waals surface area contributed by atoms with Crippen molar-refractivity contribution in [2.24, 2.45) is 11.3 Å². The van der Waals surface area contributed by atoms with Crippen molar-refractivity contribution in [2.45, 2.75) is 78.1 Å². The molecule has 2 fully saturated rings. The molecule has 0 aromatic carbocycles. The lowest BCUT2D eigenvalue weighted by Crippen LogP contribution is -2.19. The van der Waals surface area contributed by atoms with Crippen molar-refractivity contribution in [3.8, 4) is 0 Å². The second kappa shape index (κ2) is 7.55. The normalized spacial score (nSPS) is 22.1. The molecule has 2 aromatic heterocycles. The van der Waals surface area contributed by atoms with Crippen molar-refractivity contribution in [1.82, 2.24) is 9.97 Å². The number of nitrogens with zero attached hydrogens (tertiary/aromatic N) is 2. The molecule has 142 valence electrons. The van der Waals surface area contributed by atoms with Crippen molar-refractivity contribution in [3.63, 3.8) is 0 Å². The Kier molecular flexibility index (Phi) is 5.34. The Balaban J connectivity index is 1.53. The molecule has 0 amide bonds. The Hall–Kier alpha value is -1.00. The van der Waals surface area contributed by atoms with Gasteiger partial charge in [0.25, 0.3) is 0 Å². The maximum absolute atomic E-state index is 5.50.